The number of hydrogen-bond donors (Lipinski definition) is 0. The maximum atomic E-state index is 3.40. The SMILES string of the molecule is C(#Cc1ccccc1)C1=CCC(N(c2ccccc2)c2ccccc2)(N(c2ccccc2)c2ccccc2)C=C1. The zero-order valence-electron chi connectivity index (χ0n) is 22.3. The van der Waals surface area contributed by atoms with Gasteiger partial charge in [0.15, 0.2) is 0 Å². The van der Waals surface area contributed by atoms with E-state index < -0.39 is 5.66 Å². The molecule has 0 fully saturated rings. The third kappa shape index (κ3) is 5.19. The molecular formula is C38H30N2. The first kappa shape index (κ1) is 25.0. The summed E-state index contributed by atoms with van der Waals surface area (Å²) < 4.78 is 0. The number of allylic oxidation sites excluding steroid dienone is 2. The first-order valence-electron chi connectivity index (χ1n) is 13.6. The predicted molar refractivity (Wildman–Crippen MR) is 168 cm³/mol. The summed E-state index contributed by atoms with van der Waals surface area (Å²) in [6.45, 7) is 0. The lowest BCUT2D eigenvalue weighted by Crippen LogP contribution is -2.57. The molecule has 0 bridgehead atoms. The van der Waals surface area contributed by atoms with Gasteiger partial charge in [-0.3, -0.25) is 0 Å². The fourth-order valence-corrected chi connectivity index (χ4v) is 5.31. The summed E-state index contributed by atoms with van der Waals surface area (Å²) in [5.74, 6) is 6.73. The van der Waals surface area contributed by atoms with E-state index in [9.17, 15) is 0 Å². The normalized spacial score (nSPS) is 13.4. The molecule has 0 aromatic heterocycles. The number of nitrogens with zero attached hydrogens (tertiary/aromatic N) is 2. The summed E-state index contributed by atoms with van der Waals surface area (Å²) in [6, 6.07) is 52.8. The number of rotatable bonds is 6. The smallest absolute Gasteiger partial charge is 0.145 e. The van der Waals surface area contributed by atoms with Gasteiger partial charge in [0.25, 0.3) is 0 Å². The van der Waals surface area contributed by atoms with Gasteiger partial charge < -0.3 is 9.80 Å². The summed E-state index contributed by atoms with van der Waals surface area (Å²) in [5, 5.41) is 0. The Bertz CT molecular complexity index is 1480. The first-order valence-corrected chi connectivity index (χ1v) is 13.6. The van der Waals surface area contributed by atoms with E-state index >= 15 is 0 Å². The molecule has 0 aliphatic heterocycles. The summed E-state index contributed by atoms with van der Waals surface area (Å²) in [5.41, 5.74) is 5.89. The van der Waals surface area contributed by atoms with Gasteiger partial charge in [-0.05, 0) is 72.8 Å². The van der Waals surface area contributed by atoms with Crippen molar-refractivity contribution in [1.82, 2.24) is 0 Å². The van der Waals surface area contributed by atoms with E-state index in [1.807, 2.05) is 30.3 Å². The van der Waals surface area contributed by atoms with Crippen molar-refractivity contribution in [2.45, 2.75) is 12.1 Å². The second-order valence-electron chi connectivity index (χ2n) is 9.70. The molecule has 1 aliphatic rings. The summed E-state index contributed by atoms with van der Waals surface area (Å²) in [4.78, 5) is 4.89. The minimum Gasteiger partial charge on any atom is -0.314 e. The van der Waals surface area contributed by atoms with E-state index in [0.717, 1.165) is 40.3 Å². The Kier molecular flexibility index (Phi) is 7.29. The zero-order chi connectivity index (χ0) is 27.0. The summed E-state index contributed by atoms with van der Waals surface area (Å²) >= 11 is 0. The Hall–Kier alpha value is -5.26. The molecule has 2 nitrogen and oxygen atoms in total. The van der Waals surface area contributed by atoms with Crippen molar-refractivity contribution in [3.63, 3.8) is 0 Å². The maximum absolute atomic E-state index is 3.40. The van der Waals surface area contributed by atoms with Crippen LogP contribution in [0.1, 0.15) is 12.0 Å². The predicted octanol–water partition coefficient (Wildman–Crippen LogP) is 9.30. The molecule has 0 saturated carbocycles. The van der Waals surface area contributed by atoms with E-state index in [1.54, 1.807) is 0 Å². The Morgan fingerprint density at radius 2 is 0.825 bits per heavy atom. The summed E-state index contributed by atoms with van der Waals surface area (Å²) in [6.07, 6.45) is 7.49. The maximum Gasteiger partial charge on any atom is 0.145 e. The van der Waals surface area contributed by atoms with Crippen molar-refractivity contribution in [3.8, 4) is 11.8 Å². The first-order chi connectivity index (χ1) is 19.8. The van der Waals surface area contributed by atoms with Gasteiger partial charge in [0.2, 0.25) is 0 Å². The Morgan fingerprint density at radius 1 is 0.450 bits per heavy atom. The van der Waals surface area contributed by atoms with Gasteiger partial charge in [-0.15, -0.1) is 0 Å². The number of benzene rings is 5. The van der Waals surface area contributed by atoms with Gasteiger partial charge in [0, 0.05) is 40.3 Å². The van der Waals surface area contributed by atoms with Crippen LogP contribution in [0.5, 0.6) is 0 Å². The van der Waals surface area contributed by atoms with Crippen LogP contribution in [0.4, 0.5) is 22.7 Å². The number of hydrogen-bond acceptors (Lipinski definition) is 2. The molecule has 0 heterocycles. The third-order valence-corrected chi connectivity index (χ3v) is 7.11. The quantitative estimate of drug-likeness (QED) is 0.165. The van der Waals surface area contributed by atoms with Crippen molar-refractivity contribution in [1.29, 1.82) is 0 Å². The van der Waals surface area contributed by atoms with Crippen LogP contribution in [-0.2, 0) is 0 Å². The summed E-state index contributed by atoms with van der Waals surface area (Å²) in [7, 11) is 0. The van der Waals surface area contributed by atoms with Crippen molar-refractivity contribution in [2.24, 2.45) is 0 Å². The van der Waals surface area contributed by atoms with Crippen LogP contribution in [0, 0.1) is 11.8 Å². The highest BCUT2D eigenvalue weighted by Crippen LogP contribution is 2.46. The average molecular weight is 515 g/mol. The topological polar surface area (TPSA) is 6.48 Å². The molecule has 0 unspecified atom stereocenters. The van der Waals surface area contributed by atoms with E-state index in [4.69, 9.17) is 0 Å². The Morgan fingerprint density at radius 3 is 1.18 bits per heavy atom. The van der Waals surface area contributed by atoms with Crippen molar-refractivity contribution in [3.05, 3.63) is 181 Å². The second kappa shape index (κ2) is 11.6. The lowest BCUT2D eigenvalue weighted by Gasteiger charge is -2.52. The third-order valence-electron chi connectivity index (χ3n) is 7.11. The zero-order valence-corrected chi connectivity index (χ0v) is 22.3. The lowest BCUT2D eigenvalue weighted by molar-refractivity contribution is 0.524. The van der Waals surface area contributed by atoms with Crippen LogP contribution in [0.3, 0.4) is 0 Å². The van der Waals surface area contributed by atoms with Gasteiger partial charge in [-0.2, -0.15) is 0 Å². The molecule has 6 rings (SSSR count). The molecule has 2 heteroatoms. The fraction of sp³-hybridized carbons (Fsp3) is 0.0526. The van der Waals surface area contributed by atoms with Gasteiger partial charge in [0.05, 0.1) is 0 Å². The van der Waals surface area contributed by atoms with E-state index in [1.165, 1.54) is 0 Å². The number of para-hydroxylation sites is 4. The molecule has 192 valence electrons. The molecule has 0 atom stereocenters. The molecule has 0 radical (unpaired) electrons. The van der Waals surface area contributed by atoms with Crippen LogP contribution >= 0.6 is 0 Å². The van der Waals surface area contributed by atoms with Crippen LogP contribution in [0.15, 0.2) is 175 Å². The molecule has 5 aromatic carbocycles. The van der Waals surface area contributed by atoms with Crippen LogP contribution in [0.2, 0.25) is 0 Å². The minimum absolute atomic E-state index is 0.594. The van der Waals surface area contributed by atoms with Gasteiger partial charge in [-0.25, -0.2) is 0 Å². The van der Waals surface area contributed by atoms with Crippen LogP contribution < -0.4 is 9.80 Å². The average Bonchev–Trinajstić information content (AvgIpc) is 3.04. The molecule has 0 spiro atoms. The molecule has 0 saturated heterocycles. The van der Waals surface area contributed by atoms with Crippen LogP contribution in [-0.4, -0.2) is 5.66 Å². The van der Waals surface area contributed by atoms with Gasteiger partial charge in [0.1, 0.15) is 5.66 Å². The van der Waals surface area contributed by atoms with Crippen molar-refractivity contribution < 1.29 is 0 Å². The van der Waals surface area contributed by atoms with Crippen molar-refractivity contribution in [2.75, 3.05) is 9.80 Å². The molecule has 0 amide bonds. The van der Waals surface area contributed by atoms with Gasteiger partial charge >= 0.3 is 0 Å². The monoisotopic (exact) mass is 514 g/mol. The number of anilines is 4. The van der Waals surface area contributed by atoms with Gasteiger partial charge in [-0.1, -0.05) is 109 Å². The highest BCUT2D eigenvalue weighted by molar-refractivity contribution is 5.76. The fourth-order valence-electron chi connectivity index (χ4n) is 5.31. The molecule has 1 aliphatic carbocycles. The molecule has 5 aromatic rings. The highest BCUT2D eigenvalue weighted by atomic mass is 15.4. The molecule has 40 heavy (non-hydrogen) atoms. The Balaban J connectivity index is 1.55. The van der Waals surface area contributed by atoms with E-state index in [-0.39, 0.29) is 0 Å². The second-order valence-corrected chi connectivity index (χ2v) is 9.70. The molecular weight excluding hydrogens is 484 g/mol. The Labute approximate surface area is 237 Å². The van der Waals surface area contributed by atoms with Crippen molar-refractivity contribution >= 4 is 22.7 Å². The van der Waals surface area contributed by atoms with E-state index in [2.05, 4.69) is 161 Å². The highest BCUT2D eigenvalue weighted by Gasteiger charge is 2.43. The largest absolute Gasteiger partial charge is 0.314 e. The van der Waals surface area contributed by atoms with E-state index in [0.29, 0.717) is 0 Å². The molecule has 0 N–H and O–H groups in total. The lowest BCUT2D eigenvalue weighted by atomic mass is 9.90. The standard InChI is InChI=1S/C38H30N2/c1-6-16-32(17-7-1)26-27-33-28-30-38(31-29-33,39(34-18-8-2-9-19-34)35-20-10-3-11-21-35)40(36-22-12-4-13-23-36)37-24-14-5-15-25-37/h1-25,28-30H,31H2. The minimum atomic E-state index is -0.594. The van der Waals surface area contributed by atoms with Crippen LogP contribution in [0.25, 0.3) is 0 Å².